The van der Waals surface area contributed by atoms with Crippen LogP contribution in [-0.2, 0) is 0 Å². The minimum absolute atomic E-state index is 0. The Balaban J connectivity index is -0.0000000163. The monoisotopic (exact) mass is 883 g/mol. The van der Waals surface area contributed by atoms with Gasteiger partial charge in [0, 0.05) is 19.6 Å². The molecule has 0 fully saturated rings. The van der Waals surface area contributed by atoms with Crippen LogP contribution in [0.25, 0.3) is 0 Å². The third kappa shape index (κ3) is 44.5. The molecule has 0 aromatic heterocycles. The van der Waals surface area contributed by atoms with Crippen LogP contribution in [0.5, 0.6) is 0 Å². The van der Waals surface area contributed by atoms with Crippen LogP contribution < -0.4 is 11.1 Å². The van der Waals surface area contributed by atoms with Gasteiger partial charge in [-0.05, 0) is 6.72 Å². The van der Waals surface area contributed by atoms with Crippen LogP contribution in [-0.4, -0.2) is 32.9 Å². The number of hydrogen-bond donors (Lipinski definition) is 2. The summed E-state index contributed by atoms with van der Waals surface area (Å²) in [5.74, 6) is 0. The molecule has 96 valence electrons. The molecular weight excluding hydrogens is 864 g/mol. The van der Waals surface area contributed by atoms with E-state index in [1.165, 1.54) is 0 Å². The van der Waals surface area contributed by atoms with E-state index in [4.69, 9.17) is 5.73 Å². The quantitative estimate of drug-likeness (QED) is 0.254. The minimum Gasteiger partial charge on any atom is -0.329 e. The molecule has 0 aliphatic rings. The third-order valence-corrected chi connectivity index (χ3v) is 0.768. The maximum Gasteiger partial charge on any atom is 0.0507 e. The molecule has 0 atom stereocenters. The van der Waals surface area contributed by atoms with Gasteiger partial charge in [0.2, 0.25) is 0 Å². The Morgan fingerprint density at radius 1 is 0.929 bits per heavy atom. The molecule has 0 unspecified atom stereocenters. The largest absolute Gasteiger partial charge is 0.329 e. The van der Waals surface area contributed by atoms with Crippen molar-refractivity contribution in [2.75, 3.05) is 26.2 Å². The van der Waals surface area contributed by atoms with Crippen LogP contribution in [0.3, 0.4) is 0 Å². The van der Waals surface area contributed by atoms with Crippen molar-refractivity contribution >= 4 is 151 Å². The van der Waals surface area contributed by atoms with Gasteiger partial charge in [0.05, 0.1) is 6.54 Å². The lowest BCUT2D eigenvalue weighted by atomic mass is 10.6. The summed E-state index contributed by atoms with van der Waals surface area (Å²) in [6.45, 7) is 6.57. The Hall–Kier alpha value is 3.97. The number of halogens is 6. The number of nitrogens with zero attached hydrogens (tertiary/aromatic N) is 1. The number of nitrogens with two attached hydrogens (primary N) is 1. The summed E-state index contributed by atoms with van der Waals surface area (Å²) >= 11 is 0. The van der Waals surface area contributed by atoms with E-state index in [0.717, 1.165) is 19.6 Å². The highest BCUT2D eigenvalue weighted by Crippen LogP contribution is 1.60. The van der Waals surface area contributed by atoms with Gasteiger partial charge in [0.25, 0.3) is 0 Å². The molecule has 0 rings (SSSR count). The molecule has 0 saturated carbocycles. The Bertz CT molecular complexity index is 67.4. The molecule has 9 heteroatoms. The molecule has 0 aliphatic carbocycles. The van der Waals surface area contributed by atoms with Crippen molar-refractivity contribution < 1.29 is 0 Å². The lowest BCUT2D eigenvalue weighted by Crippen LogP contribution is -2.24. The van der Waals surface area contributed by atoms with Gasteiger partial charge in [-0.25, -0.2) is 0 Å². The molecule has 0 aliphatic heterocycles. The van der Waals surface area contributed by atoms with Gasteiger partial charge in [-0.2, -0.15) is 0 Å². The second-order valence-corrected chi connectivity index (χ2v) is 1.49. The Morgan fingerprint density at radius 2 is 1.36 bits per heavy atom. The van der Waals surface area contributed by atoms with Gasteiger partial charge in [-0.3, -0.25) is 4.99 Å². The highest BCUT2D eigenvalue weighted by molar-refractivity contribution is 14.0. The summed E-state index contributed by atoms with van der Waals surface area (Å²) in [5, 5.41) is 3.08. The van der Waals surface area contributed by atoms with E-state index in [0.29, 0.717) is 6.54 Å². The topological polar surface area (TPSA) is 50.4 Å². The summed E-state index contributed by atoms with van der Waals surface area (Å²) in [7, 11) is 0. The lowest BCUT2D eigenvalue weighted by molar-refractivity contribution is 0.698. The number of nitrogens with one attached hydrogen (secondary N) is 1. The van der Waals surface area contributed by atoms with Crippen molar-refractivity contribution in [1.82, 2.24) is 5.32 Å². The Kier molecular flexibility index (Phi) is 134. The fraction of sp³-hybridized carbons (Fsp3) is 0.800. The average Bonchev–Trinajstić information content (AvgIpc) is 1.81. The first-order chi connectivity index (χ1) is 3.91. The molecular formula is C5H19I6N3. The maximum atomic E-state index is 5.20. The van der Waals surface area contributed by atoms with Gasteiger partial charge in [0.15, 0.2) is 0 Å². The predicted molar refractivity (Wildman–Crippen MR) is 129 cm³/mol. The first-order valence-corrected chi connectivity index (χ1v) is 2.75. The highest BCUT2D eigenvalue weighted by atomic mass is 127. The maximum absolute atomic E-state index is 5.20. The summed E-state index contributed by atoms with van der Waals surface area (Å²) in [5.41, 5.74) is 5.20. The summed E-state index contributed by atoms with van der Waals surface area (Å²) in [6, 6.07) is 0. The second kappa shape index (κ2) is 43.5. The molecule has 0 aromatic carbocycles. The molecule has 0 spiro atoms. The van der Waals surface area contributed by atoms with E-state index in [-0.39, 0.29) is 144 Å². The summed E-state index contributed by atoms with van der Waals surface area (Å²) in [6.07, 6.45) is 0. The van der Waals surface area contributed by atoms with Crippen LogP contribution in [0.15, 0.2) is 4.99 Å². The van der Waals surface area contributed by atoms with E-state index in [1.54, 1.807) is 0 Å². The van der Waals surface area contributed by atoms with Crippen molar-refractivity contribution in [3.63, 3.8) is 0 Å². The van der Waals surface area contributed by atoms with E-state index in [2.05, 4.69) is 17.0 Å². The highest BCUT2D eigenvalue weighted by Gasteiger charge is 1.78. The molecule has 0 heterocycles. The van der Waals surface area contributed by atoms with Crippen LogP contribution in [0.1, 0.15) is 0 Å². The van der Waals surface area contributed by atoms with Gasteiger partial charge in [-0.15, -0.1) is 144 Å². The number of hydrogen-bond acceptors (Lipinski definition) is 3. The van der Waals surface area contributed by atoms with Crippen LogP contribution in [0.2, 0.25) is 0 Å². The van der Waals surface area contributed by atoms with Crippen LogP contribution >= 0.6 is 144 Å². The van der Waals surface area contributed by atoms with E-state index >= 15 is 0 Å². The molecule has 14 heavy (non-hydrogen) atoms. The van der Waals surface area contributed by atoms with E-state index < -0.39 is 0 Å². The summed E-state index contributed by atoms with van der Waals surface area (Å²) < 4.78 is 0. The van der Waals surface area contributed by atoms with Crippen LogP contribution in [0.4, 0.5) is 0 Å². The standard InChI is InChI=1S/C5H13N3.6HI/c1-7-4-5-8-3-2-6;;;;;;/h8H,1-6H2;6*1H. The SMILES string of the molecule is C=NCCNCCN.I.I.I.I.I.I. The van der Waals surface area contributed by atoms with Gasteiger partial charge in [-0.1, -0.05) is 0 Å². The zero-order valence-corrected chi connectivity index (χ0v) is 21.5. The zero-order valence-electron chi connectivity index (χ0n) is 7.51. The molecule has 0 radical (unpaired) electrons. The van der Waals surface area contributed by atoms with Crippen molar-refractivity contribution in [2.24, 2.45) is 10.7 Å². The first kappa shape index (κ1) is 43.0. The van der Waals surface area contributed by atoms with Crippen molar-refractivity contribution in [3.8, 4) is 0 Å². The molecule has 0 aromatic rings. The smallest absolute Gasteiger partial charge is 0.0507 e. The fourth-order valence-electron chi connectivity index (χ4n) is 0.385. The van der Waals surface area contributed by atoms with Gasteiger partial charge in [0.1, 0.15) is 0 Å². The van der Waals surface area contributed by atoms with E-state index in [1.807, 2.05) is 0 Å². The van der Waals surface area contributed by atoms with Gasteiger partial charge < -0.3 is 11.1 Å². The fourth-order valence-corrected chi connectivity index (χ4v) is 0.385. The molecule has 3 nitrogen and oxygen atoms in total. The number of aliphatic imine (C=N–C) groups is 1. The van der Waals surface area contributed by atoms with E-state index in [9.17, 15) is 0 Å². The van der Waals surface area contributed by atoms with Crippen molar-refractivity contribution in [2.45, 2.75) is 0 Å². The third-order valence-electron chi connectivity index (χ3n) is 0.768. The van der Waals surface area contributed by atoms with Crippen LogP contribution in [0, 0.1) is 0 Å². The molecule has 0 bridgehead atoms. The minimum atomic E-state index is 0. The Labute approximate surface area is 189 Å². The first-order valence-electron chi connectivity index (χ1n) is 2.75. The average molecular weight is 883 g/mol. The van der Waals surface area contributed by atoms with Crippen molar-refractivity contribution in [1.29, 1.82) is 0 Å². The number of rotatable bonds is 5. The summed E-state index contributed by atoms with van der Waals surface area (Å²) in [4.78, 5) is 3.65. The molecule has 0 amide bonds. The molecule has 0 saturated heterocycles. The zero-order chi connectivity index (χ0) is 6.24. The predicted octanol–water partition coefficient (Wildman–Crippen LogP) is 2.94. The van der Waals surface area contributed by atoms with Crippen molar-refractivity contribution in [3.05, 3.63) is 0 Å². The van der Waals surface area contributed by atoms with Gasteiger partial charge >= 0.3 is 0 Å². The normalized spacial score (nSPS) is 5.21. The molecule has 3 N–H and O–H groups in total. The second-order valence-electron chi connectivity index (χ2n) is 1.49. The lowest BCUT2D eigenvalue weighted by Gasteiger charge is -1.96. The Morgan fingerprint density at radius 3 is 1.64 bits per heavy atom.